The highest BCUT2D eigenvalue weighted by Gasteiger charge is 2.36. The molecule has 0 amide bonds. The molecule has 1 atom stereocenters. The molecule has 0 fully saturated rings. The van der Waals surface area contributed by atoms with Gasteiger partial charge in [-0.2, -0.15) is 0 Å². The third-order valence-corrected chi connectivity index (χ3v) is 2.53. The van der Waals surface area contributed by atoms with E-state index >= 15 is 0 Å². The first-order valence-corrected chi connectivity index (χ1v) is 6.30. The van der Waals surface area contributed by atoms with Gasteiger partial charge >= 0.3 is 11.9 Å². The van der Waals surface area contributed by atoms with Gasteiger partial charge in [-0.3, -0.25) is 9.59 Å². The van der Waals surface area contributed by atoms with Crippen molar-refractivity contribution in [3.63, 3.8) is 0 Å². The number of hydrogen-bond acceptors (Lipinski definition) is 4. The maximum Gasteiger partial charge on any atom is 0.321 e. The van der Waals surface area contributed by atoms with Crippen molar-refractivity contribution in [2.75, 3.05) is 13.2 Å². The molecule has 0 aromatic heterocycles. The zero-order valence-electron chi connectivity index (χ0n) is 11.8. The molecule has 4 nitrogen and oxygen atoms in total. The molecule has 0 rings (SSSR count). The molecule has 0 aliphatic carbocycles. The number of hydrogen-bond donors (Lipinski definition) is 0. The fraction of sp³-hybridized carbons (Fsp3) is 0.467. The lowest BCUT2D eigenvalue weighted by molar-refractivity contribution is -0.162. The fourth-order valence-corrected chi connectivity index (χ4v) is 1.65. The van der Waals surface area contributed by atoms with E-state index in [1.807, 2.05) is 0 Å². The van der Waals surface area contributed by atoms with Crippen LogP contribution in [0.1, 0.15) is 20.8 Å². The van der Waals surface area contributed by atoms with Crippen LogP contribution in [0.5, 0.6) is 0 Å². The van der Waals surface area contributed by atoms with E-state index in [2.05, 4.69) is 13.2 Å². The van der Waals surface area contributed by atoms with Gasteiger partial charge in [0.05, 0.1) is 13.2 Å². The lowest BCUT2D eigenvalue weighted by Gasteiger charge is -2.22. The van der Waals surface area contributed by atoms with Crippen LogP contribution in [0.2, 0.25) is 0 Å². The molecule has 0 spiro atoms. The first kappa shape index (κ1) is 17.2. The maximum atomic E-state index is 12.0. The topological polar surface area (TPSA) is 52.6 Å². The van der Waals surface area contributed by atoms with Crippen LogP contribution in [0.15, 0.2) is 37.0 Å². The van der Waals surface area contributed by atoms with Crippen LogP contribution in [0.25, 0.3) is 0 Å². The van der Waals surface area contributed by atoms with Gasteiger partial charge in [0, 0.05) is 5.92 Å². The average Bonchev–Trinajstić information content (AvgIpc) is 2.38. The van der Waals surface area contributed by atoms with Gasteiger partial charge in [0.1, 0.15) is 0 Å². The van der Waals surface area contributed by atoms with E-state index in [1.54, 1.807) is 32.9 Å². The van der Waals surface area contributed by atoms with Crippen molar-refractivity contribution in [3.8, 4) is 0 Å². The third kappa shape index (κ3) is 5.12. The Morgan fingerprint density at radius 1 is 1.16 bits per heavy atom. The van der Waals surface area contributed by atoms with Gasteiger partial charge in [-0.15, -0.1) is 0 Å². The van der Waals surface area contributed by atoms with Gasteiger partial charge in [0.15, 0.2) is 5.92 Å². The Balaban J connectivity index is 5.37. The Kier molecular flexibility index (Phi) is 8.25. The highest BCUT2D eigenvalue weighted by Crippen LogP contribution is 2.25. The second kappa shape index (κ2) is 9.14. The van der Waals surface area contributed by atoms with Gasteiger partial charge in [-0.25, -0.2) is 0 Å². The lowest BCUT2D eigenvalue weighted by atomic mass is 9.86. The van der Waals surface area contributed by atoms with Gasteiger partial charge in [-0.1, -0.05) is 31.4 Å². The Morgan fingerprint density at radius 2 is 1.63 bits per heavy atom. The van der Waals surface area contributed by atoms with Crippen LogP contribution in [0.4, 0.5) is 0 Å². The maximum absolute atomic E-state index is 12.0. The predicted molar refractivity (Wildman–Crippen MR) is 74.4 cm³/mol. The summed E-state index contributed by atoms with van der Waals surface area (Å²) in [5.41, 5.74) is 0.573. The van der Waals surface area contributed by atoms with Crippen molar-refractivity contribution in [1.82, 2.24) is 0 Å². The lowest BCUT2D eigenvalue weighted by Crippen LogP contribution is -2.34. The molecule has 0 aromatic rings. The number of allylic oxidation sites excluding steroid dienone is 4. The first-order valence-electron chi connectivity index (χ1n) is 6.30. The summed E-state index contributed by atoms with van der Waals surface area (Å²) < 4.78 is 9.89. The van der Waals surface area contributed by atoms with Gasteiger partial charge in [0.25, 0.3) is 0 Å². The van der Waals surface area contributed by atoms with E-state index in [0.717, 1.165) is 0 Å². The summed E-state index contributed by atoms with van der Waals surface area (Å²) in [5.74, 6) is -2.75. The minimum atomic E-state index is -1.04. The minimum absolute atomic E-state index is 0.206. The van der Waals surface area contributed by atoms with Crippen LogP contribution in [0, 0.1) is 11.8 Å². The summed E-state index contributed by atoms with van der Waals surface area (Å²) in [7, 11) is 0. The standard InChI is InChI=1S/C15H22O4/c1-6-10-12(11(5)7-2)13(14(16)18-8-3)15(17)19-9-4/h6-7,10,12-13H,2,5,8-9H2,1,3-4H3/b10-6+. The molecular weight excluding hydrogens is 244 g/mol. The Labute approximate surface area is 114 Å². The van der Waals surface area contributed by atoms with Crippen molar-refractivity contribution in [2.45, 2.75) is 20.8 Å². The molecule has 4 heteroatoms. The van der Waals surface area contributed by atoms with E-state index in [9.17, 15) is 9.59 Å². The second-order valence-corrected chi connectivity index (χ2v) is 3.81. The third-order valence-electron chi connectivity index (χ3n) is 2.53. The molecule has 0 saturated carbocycles. The summed E-state index contributed by atoms with van der Waals surface area (Å²) in [6.07, 6.45) is 5.00. The van der Waals surface area contributed by atoms with Crippen molar-refractivity contribution in [3.05, 3.63) is 37.0 Å². The quantitative estimate of drug-likeness (QED) is 0.293. The van der Waals surface area contributed by atoms with Crippen molar-refractivity contribution >= 4 is 11.9 Å². The van der Waals surface area contributed by atoms with Crippen molar-refractivity contribution in [2.24, 2.45) is 11.8 Å². The minimum Gasteiger partial charge on any atom is -0.465 e. The molecule has 0 bridgehead atoms. The Morgan fingerprint density at radius 3 is 1.95 bits per heavy atom. The van der Waals surface area contributed by atoms with Crippen LogP contribution in [0.3, 0.4) is 0 Å². The van der Waals surface area contributed by atoms with E-state index < -0.39 is 23.8 Å². The van der Waals surface area contributed by atoms with E-state index in [0.29, 0.717) is 5.57 Å². The number of carbonyl (C=O) groups excluding carboxylic acids is 2. The molecule has 0 aliphatic heterocycles. The summed E-state index contributed by atoms with van der Waals surface area (Å²) >= 11 is 0. The van der Waals surface area contributed by atoms with Crippen molar-refractivity contribution < 1.29 is 19.1 Å². The van der Waals surface area contributed by atoms with E-state index in [1.165, 1.54) is 6.08 Å². The highest BCUT2D eigenvalue weighted by atomic mass is 16.6. The fourth-order valence-electron chi connectivity index (χ4n) is 1.65. The largest absolute Gasteiger partial charge is 0.465 e. The highest BCUT2D eigenvalue weighted by molar-refractivity contribution is 5.96. The molecule has 0 aromatic carbocycles. The smallest absolute Gasteiger partial charge is 0.321 e. The van der Waals surface area contributed by atoms with Crippen LogP contribution in [-0.4, -0.2) is 25.2 Å². The normalized spacial score (nSPS) is 12.2. The van der Waals surface area contributed by atoms with Crippen molar-refractivity contribution in [1.29, 1.82) is 0 Å². The van der Waals surface area contributed by atoms with Crippen LogP contribution < -0.4 is 0 Å². The predicted octanol–water partition coefficient (Wildman–Crippen LogP) is 2.66. The summed E-state index contributed by atoms with van der Waals surface area (Å²) in [5, 5.41) is 0. The monoisotopic (exact) mass is 266 g/mol. The molecule has 106 valence electrons. The summed E-state index contributed by atoms with van der Waals surface area (Å²) in [6.45, 7) is 13.0. The number of rotatable bonds is 8. The average molecular weight is 266 g/mol. The number of ether oxygens (including phenoxy) is 2. The number of esters is 2. The van der Waals surface area contributed by atoms with E-state index in [-0.39, 0.29) is 13.2 Å². The summed E-state index contributed by atoms with van der Waals surface area (Å²) in [6, 6.07) is 0. The SMILES string of the molecule is C=CC(=C)C(/C=C/C)C(C(=O)OCC)C(=O)OCC. The molecule has 0 heterocycles. The zero-order valence-corrected chi connectivity index (χ0v) is 11.8. The zero-order chi connectivity index (χ0) is 14.8. The van der Waals surface area contributed by atoms with E-state index in [4.69, 9.17) is 9.47 Å². The van der Waals surface area contributed by atoms with Gasteiger partial charge in [-0.05, 0) is 26.3 Å². The van der Waals surface area contributed by atoms with Gasteiger partial charge in [0.2, 0.25) is 0 Å². The first-order chi connectivity index (χ1) is 9.03. The molecule has 0 aliphatic rings. The molecule has 0 N–H and O–H groups in total. The van der Waals surface area contributed by atoms with Crippen LogP contribution in [-0.2, 0) is 19.1 Å². The molecular formula is C15H22O4. The Bertz CT molecular complexity index is 350. The number of carbonyl (C=O) groups is 2. The second-order valence-electron chi connectivity index (χ2n) is 3.81. The summed E-state index contributed by atoms with van der Waals surface area (Å²) in [4.78, 5) is 23.9. The van der Waals surface area contributed by atoms with Gasteiger partial charge < -0.3 is 9.47 Å². The molecule has 0 radical (unpaired) electrons. The Hall–Kier alpha value is -1.84. The van der Waals surface area contributed by atoms with Crippen LogP contribution >= 0.6 is 0 Å². The molecule has 0 saturated heterocycles. The molecule has 19 heavy (non-hydrogen) atoms. The molecule has 1 unspecified atom stereocenters.